The molecule has 0 aromatic carbocycles. The van der Waals surface area contributed by atoms with Crippen LogP contribution in [0.5, 0.6) is 0 Å². The average Bonchev–Trinajstić information content (AvgIpc) is 2.45. The molecule has 4 N–H and O–H groups in total. The van der Waals surface area contributed by atoms with E-state index in [4.69, 9.17) is 15.5 Å². The molecule has 5 atom stereocenters. The highest BCUT2D eigenvalue weighted by Gasteiger charge is 2.48. The highest BCUT2D eigenvalue weighted by atomic mass is 16.6. The summed E-state index contributed by atoms with van der Waals surface area (Å²) in [5.41, 5.74) is 4.83. The molecule has 1 heterocycles. The van der Waals surface area contributed by atoms with Gasteiger partial charge in [0.25, 0.3) is 0 Å². The first-order valence-electron chi connectivity index (χ1n) is 6.02. The fourth-order valence-corrected chi connectivity index (χ4v) is 2.13. The minimum atomic E-state index is -1.14. The summed E-state index contributed by atoms with van der Waals surface area (Å²) in [4.78, 5) is 47.5. The zero-order valence-corrected chi connectivity index (χ0v) is 11.2. The minimum absolute atomic E-state index is 0.307. The van der Waals surface area contributed by atoms with Gasteiger partial charge in [0.05, 0.1) is 6.04 Å². The van der Waals surface area contributed by atoms with Crippen LogP contribution in [0, 0.1) is 14.7 Å². The van der Waals surface area contributed by atoms with Crippen molar-refractivity contribution < 1.29 is 14.4 Å². The summed E-state index contributed by atoms with van der Waals surface area (Å²) < 4.78 is 5.42. The Balaban J connectivity index is 2.97. The summed E-state index contributed by atoms with van der Waals surface area (Å²) in [6.45, 7) is 0.576. The molecule has 118 valence electrons. The first kappa shape index (κ1) is 17.2. The summed E-state index contributed by atoms with van der Waals surface area (Å²) in [6.07, 6.45) is -2.91. The Kier molecular flexibility index (Phi) is 6.87. The predicted molar refractivity (Wildman–Crippen MR) is 69.4 cm³/mol. The first-order valence-corrected chi connectivity index (χ1v) is 6.02. The van der Waals surface area contributed by atoms with Crippen LogP contribution in [0.4, 0.5) is 0 Å². The third-order valence-corrected chi connectivity index (χ3v) is 3.02. The maximum Gasteiger partial charge on any atom is 0.230 e. The van der Waals surface area contributed by atoms with Gasteiger partial charge in [0, 0.05) is 6.92 Å². The molecule has 21 heavy (non-hydrogen) atoms. The summed E-state index contributed by atoms with van der Waals surface area (Å²) in [5.74, 6) is 4.74. The van der Waals surface area contributed by atoms with E-state index >= 15 is 0 Å². The Labute approximate surface area is 118 Å². The van der Waals surface area contributed by atoms with Crippen LogP contribution in [0.15, 0.2) is 15.5 Å². The van der Waals surface area contributed by atoms with Crippen LogP contribution in [-0.2, 0) is 14.4 Å². The van der Waals surface area contributed by atoms with Crippen molar-refractivity contribution in [1.82, 2.24) is 10.9 Å². The van der Waals surface area contributed by atoms with Crippen molar-refractivity contribution in [3.8, 4) is 0 Å². The Bertz CT molecular complexity index is 395. The van der Waals surface area contributed by atoms with E-state index in [1.807, 2.05) is 0 Å². The topological polar surface area (TPSA) is 174 Å². The third-order valence-electron chi connectivity index (χ3n) is 3.02. The largest absolute Gasteiger partial charge is 0.367 e. The number of carbonyl (C=O) groups is 1. The molecule has 5 unspecified atom stereocenters. The van der Waals surface area contributed by atoms with Crippen molar-refractivity contribution in [2.75, 3.05) is 13.1 Å². The number of hydrazine groups is 1. The van der Waals surface area contributed by atoms with Crippen LogP contribution in [-0.4, -0.2) is 49.4 Å². The van der Waals surface area contributed by atoms with Crippen LogP contribution in [0.2, 0.25) is 0 Å². The monoisotopic (exact) mass is 304 g/mol. The highest BCUT2D eigenvalue weighted by molar-refractivity contribution is 5.72. The lowest BCUT2D eigenvalue weighted by Gasteiger charge is -2.42. The summed E-state index contributed by atoms with van der Waals surface area (Å²) in [7, 11) is 0. The summed E-state index contributed by atoms with van der Waals surface area (Å²) in [5, 5.41) is 8.19. The van der Waals surface area contributed by atoms with E-state index in [9.17, 15) is 19.5 Å². The molecule has 1 aliphatic heterocycles. The second-order valence-corrected chi connectivity index (χ2v) is 4.38. The normalized spacial score (nSPS) is 32.2. The van der Waals surface area contributed by atoms with Crippen molar-refractivity contribution in [2.24, 2.45) is 21.4 Å². The van der Waals surface area contributed by atoms with Gasteiger partial charge in [-0.25, -0.2) is 11.3 Å². The van der Waals surface area contributed by atoms with Gasteiger partial charge in [-0.15, -0.1) is 0 Å². The molecule has 0 aromatic heterocycles. The van der Waals surface area contributed by atoms with Crippen LogP contribution in [0.3, 0.4) is 0 Å². The van der Waals surface area contributed by atoms with Crippen molar-refractivity contribution >= 4 is 5.91 Å². The fraction of sp³-hybridized carbons (Fsp3) is 0.889. The third kappa shape index (κ3) is 4.29. The number of nitrogens with two attached hydrogens (primary N) is 1. The molecule has 0 aromatic rings. The van der Waals surface area contributed by atoms with Gasteiger partial charge in [-0.2, -0.15) is 14.7 Å². The van der Waals surface area contributed by atoms with Gasteiger partial charge in [0.15, 0.2) is 0 Å². The second-order valence-electron chi connectivity index (χ2n) is 4.38. The van der Waals surface area contributed by atoms with E-state index in [0.717, 1.165) is 0 Å². The number of nitrogens with zero attached hydrogens (tertiary/aromatic N) is 3. The zero-order chi connectivity index (χ0) is 15.8. The molecule has 0 bridgehead atoms. The quantitative estimate of drug-likeness (QED) is 0.366. The number of ether oxygens (including phenoxy) is 1. The first-order chi connectivity index (χ1) is 10.1. The van der Waals surface area contributed by atoms with E-state index in [2.05, 4.69) is 26.4 Å². The standard InChI is InChI=1S/C9H16N6O6/c1-4(16)13-14-7-5(2-11-17)20-6(3-12-18)8(15-19)9(7)21-10/h5-9,14H,2-3,10H2,1H3,(H,13,16). The van der Waals surface area contributed by atoms with Gasteiger partial charge in [-0.1, -0.05) is 15.5 Å². The molecule has 0 saturated carbocycles. The molecule has 1 saturated heterocycles. The molecule has 12 nitrogen and oxygen atoms in total. The molecule has 1 amide bonds. The molecule has 0 spiro atoms. The fourth-order valence-electron chi connectivity index (χ4n) is 2.13. The van der Waals surface area contributed by atoms with Gasteiger partial charge in [0.1, 0.15) is 37.4 Å². The van der Waals surface area contributed by atoms with Gasteiger partial charge >= 0.3 is 0 Å². The van der Waals surface area contributed by atoms with Gasteiger partial charge < -0.3 is 4.74 Å². The van der Waals surface area contributed by atoms with Crippen LogP contribution in [0.1, 0.15) is 6.92 Å². The predicted octanol–water partition coefficient (Wildman–Crippen LogP) is -1.31. The molecule has 1 aliphatic rings. The van der Waals surface area contributed by atoms with Crippen molar-refractivity contribution in [1.29, 1.82) is 0 Å². The number of rotatable bonds is 8. The molecular weight excluding hydrogens is 288 g/mol. The SMILES string of the molecule is CC(=O)NNC1C(CN=O)OC(CN=O)C(N=O)C1ON. The molecule has 12 heteroatoms. The molecule has 1 rings (SSSR count). The van der Waals surface area contributed by atoms with Crippen LogP contribution >= 0.6 is 0 Å². The smallest absolute Gasteiger partial charge is 0.230 e. The Hall–Kier alpha value is -1.89. The number of hydrogen-bond acceptors (Lipinski definition) is 11. The van der Waals surface area contributed by atoms with E-state index < -0.39 is 36.3 Å². The van der Waals surface area contributed by atoms with Crippen LogP contribution in [0.25, 0.3) is 0 Å². The molecule has 1 fully saturated rings. The Morgan fingerprint density at radius 2 is 1.86 bits per heavy atom. The zero-order valence-electron chi connectivity index (χ0n) is 11.2. The number of nitroso groups, excluding NO2 is 3. The minimum Gasteiger partial charge on any atom is -0.367 e. The highest BCUT2D eigenvalue weighted by Crippen LogP contribution is 2.25. The number of nitrogens with one attached hydrogen (secondary N) is 2. The lowest BCUT2D eigenvalue weighted by atomic mass is 9.91. The second kappa shape index (κ2) is 8.41. The molecular formula is C9H16N6O6. The lowest BCUT2D eigenvalue weighted by molar-refractivity contribution is -0.147. The van der Waals surface area contributed by atoms with Gasteiger partial charge in [0.2, 0.25) is 5.91 Å². The van der Waals surface area contributed by atoms with Crippen molar-refractivity contribution in [2.45, 2.75) is 37.3 Å². The molecule has 0 radical (unpaired) electrons. The Morgan fingerprint density at radius 3 is 2.33 bits per heavy atom. The summed E-state index contributed by atoms with van der Waals surface area (Å²) >= 11 is 0. The Morgan fingerprint density at radius 1 is 1.24 bits per heavy atom. The number of carbonyl (C=O) groups excluding carboxylic acids is 1. The average molecular weight is 304 g/mol. The number of amides is 1. The maximum absolute atomic E-state index is 11.0. The van der Waals surface area contributed by atoms with E-state index in [0.29, 0.717) is 0 Å². The van der Waals surface area contributed by atoms with Crippen molar-refractivity contribution in [3.05, 3.63) is 14.7 Å². The van der Waals surface area contributed by atoms with Gasteiger partial charge in [-0.3, -0.25) is 15.1 Å². The van der Waals surface area contributed by atoms with E-state index in [1.54, 1.807) is 0 Å². The molecule has 0 aliphatic carbocycles. The summed E-state index contributed by atoms with van der Waals surface area (Å²) in [6, 6.07) is -2.00. The lowest BCUT2D eigenvalue weighted by Crippen LogP contribution is -2.67. The maximum atomic E-state index is 11.0. The van der Waals surface area contributed by atoms with Crippen molar-refractivity contribution in [3.63, 3.8) is 0 Å². The van der Waals surface area contributed by atoms with E-state index in [1.165, 1.54) is 6.92 Å². The van der Waals surface area contributed by atoms with Crippen LogP contribution < -0.4 is 16.7 Å². The number of hydrogen-bond donors (Lipinski definition) is 3. The van der Waals surface area contributed by atoms with Gasteiger partial charge in [-0.05, 0) is 0 Å². The van der Waals surface area contributed by atoms with E-state index in [-0.39, 0.29) is 13.1 Å².